The first-order valence-corrected chi connectivity index (χ1v) is 11.2. The molecule has 26 heavy (non-hydrogen) atoms. The summed E-state index contributed by atoms with van der Waals surface area (Å²) in [6.45, 7) is 3.72. The van der Waals surface area contributed by atoms with Crippen LogP contribution in [0.1, 0.15) is 31.0 Å². The highest BCUT2D eigenvalue weighted by Gasteiger charge is 2.21. The van der Waals surface area contributed by atoms with E-state index in [9.17, 15) is 13.2 Å². The lowest BCUT2D eigenvalue weighted by atomic mass is 10.1. The number of carbonyl (C=O) groups excluding carboxylic acids is 1. The van der Waals surface area contributed by atoms with Crippen LogP contribution in [0.15, 0.2) is 48.5 Å². The van der Waals surface area contributed by atoms with Gasteiger partial charge in [-0.2, -0.15) is 0 Å². The first-order chi connectivity index (χ1) is 12.2. The Labute approximate surface area is 169 Å². The van der Waals surface area contributed by atoms with E-state index in [1.807, 2.05) is 43.3 Å². The number of hydrogen-bond donors (Lipinski definition) is 1. The number of hydrogen-bond acceptors (Lipinski definition) is 3. The van der Waals surface area contributed by atoms with Crippen LogP contribution in [0.5, 0.6) is 0 Å². The molecule has 1 unspecified atom stereocenters. The molecular formula is C19H23IN2O3S. The monoisotopic (exact) mass is 486 g/mol. The van der Waals surface area contributed by atoms with Gasteiger partial charge in [0.2, 0.25) is 15.9 Å². The molecule has 0 radical (unpaired) electrons. The van der Waals surface area contributed by atoms with Gasteiger partial charge in [-0.25, -0.2) is 8.42 Å². The maximum atomic E-state index is 12.4. The average molecular weight is 486 g/mol. The summed E-state index contributed by atoms with van der Waals surface area (Å²) >= 11 is 2.15. The molecule has 0 bridgehead atoms. The van der Waals surface area contributed by atoms with Gasteiger partial charge in [0.15, 0.2) is 0 Å². The fourth-order valence-corrected chi connectivity index (χ4v) is 3.77. The summed E-state index contributed by atoms with van der Waals surface area (Å²) in [5.74, 6) is -0.346. The van der Waals surface area contributed by atoms with Crippen LogP contribution in [0, 0.1) is 3.57 Å². The van der Waals surface area contributed by atoms with Crippen LogP contribution in [-0.2, 0) is 21.2 Å². The Bertz CT molecular complexity index is 849. The lowest BCUT2D eigenvalue weighted by molar-refractivity contribution is -0.120. The molecular weight excluding hydrogens is 463 g/mol. The van der Waals surface area contributed by atoms with Crippen LogP contribution in [0.25, 0.3) is 0 Å². The minimum absolute atomic E-state index is 0.202. The lowest BCUT2D eigenvalue weighted by Crippen LogP contribution is -2.41. The first kappa shape index (κ1) is 20.7. The number of rotatable bonds is 7. The van der Waals surface area contributed by atoms with Crippen molar-refractivity contribution in [1.82, 2.24) is 5.32 Å². The minimum Gasteiger partial charge on any atom is -0.348 e. The van der Waals surface area contributed by atoms with Crippen LogP contribution < -0.4 is 9.62 Å². The zero-order chi connectivity index (χ0) is 19.3. The molecule has 0 spiro atoms. The minimum atomic E-state index is -3.57. The second kappa shape index (κ2) is 8.85. The second-order valence-corrected chi connectivity index (χ2v) is 9.28. The van der Waals surface area contributed by atoms with Crippen molar-refractivity contribution in [3.63, 3.8) is 0 Å². The van der Waals surface area contributed by atoms with Crippen molar-refractivity contribution in [2.45, 2.75) is 26.3 Å². The van der Waals surface area contributed by atoms with Gasteiger partial charge in [-0.15, -0.1) is 0 Å². The number of nitrogens with zero attached hydrogens (tertiary/aromatic N) is 1. The van der Waals surface area contributed by atoms with E-state index in [-0.39, 0.29) is 18.5 Å². The summed E-state index contributed by atoms with van der Waals surface area (Å²) in [6.07, 6.45) is 2.06. The molecule has 0 aromatic heterocycles. The summed E-state index contributed by atoms with van der Waals surface area (Å²) < 4.78 is 26.4. The fraction of sp³-hybridized carbons (Fsp3) is 0.316. The van der Waals surface area contributed by atoms with Crippen molar-refractivity contribution in [2.75, 3.05) is 17.1 Å². The number of halogens is 1. The maximum absolute atomic E-state index is 12.4. The van der Waals surface area contributed by atoms with Gasteiger partial charge in [0.1, 0.15) is 6.54 Å². The largest absolute Gasteiger partial charge is 0.348 e. The third-order valence-corrected chi connectivity index (χ3v) is 5.93. The molecule has 0 fully saturated rings. The Morgan fingerprint density at radius 2 is 1.69 bits per heavy atom. The van der Waals surface area contributed by atoms with Crippen molar-refractivity contribution in [3.8, 4) is 0 Å². The predicted molar refractivity (Wildman–Crippen MR) is 114 cm³/mol. The highest BCUT2D eigenvalue weighted by Crippen LogP contribution is 2.19. The molecule has 7 heteroatoms. The Morgan fingerprint density at radius 1 is 1.12 bits per heavy atom. The summed E-state index contributed by atoms with van der Waals surface area (Å²) in [4.78, 5) is 12.4. The van der Waals surface area contributed by atoms with E-state index < -0.39 is 10.0 Å². The number of amides is 1. The molecule has 1 amide bonds. The van der Waals surface area contributed by atoms with Crippen molar-refractivity contribution in [2.24, 2.45) is 0 Å². The molecule has 0 heterocycles. The van der Waals surface area contributed by atoms with Gasteiger partial charge in [-0.05, 0) is 71.3 Å². The molecule has 2 aromatic carbocycles. The predicted octanol–water partition coefficient (Wildman–Crippen LogP) is 3.50. The normalized spacial score (nSPS) is 12.5. The Balaban J connectivity index is 2.10. The molecule has 5 nitrogen and oxygen atoms in total. The standard InChI is InChI=1S/C19H23IN2O3S/c1-4-15-5-7-16(8-6-15)14(2)21-19(23)13-22(26(3,24)25)18-11-9-17(20)10-12-18/h5-12,14H,4,13H2,1-3H3,(H,21,23). The molecule has 0 saturated heterocycles. The van der Waals surface area contributed by atoms with Gasteiger partial charge >= 0.3 is 0 Å². The summed E-state index contributed by atoms with van der Waals surface area (Å²) in [6, 6.07) is 14.8. The van der Waals surface area contributed by atoms with Crippen molar-refractivity contribution < 1.29 is 13.2 Å². The van der Waals surface area contributed by atoms with Gasteiger partial charge < -0.3 is 5.32 Å². The first-order valence-electron chi connectivity index (χ1n) is 8.32. The van der Waals surface area contributed by atoms with Crippen molar-refractivity contribution in [1.29, 1.82) is 0 Å². The van der Waals surface area contributed by atoms with E-state index >= 15 is 0 Å². The van der Waals surface area contributed by atoms with E-state index in [2.05, 4.69) is 34.8 Å². The third kappa shape index (κ3) is 5.70. The van der Waals surface area contributed by atoms with Crippen LogP contribution in [0.4, 0.5) is 5.69 Å². The van der Waals surface area contributed by atoms with Gasteiger partial charge in [0.25, 0.3) is 0 Å². The van der Waals surface area contributed by atoms with E-state index in [0.29, 0.717) is 5.69 Å². The number of nitrogens with one attached hydrogen (secondary N) is 1. The number of carbonyl (C=O) groups is 1. The van der Waals surface area contributed by atoms with Crippen LogP contribution in [-0.4, -0.2) is 27.1 Å². The third-order valence-electron chi connectivity index (χ3n) is 4.07. The Kier molecular flexibility index (Phi) is 7.05. The molecule has 0 aliphatic heterocycles. The topological polar surface area (TPSA) is 66.5 Å². The Morgan fingerprint density at radius 3 is 2.19 bits per heavy atom. The number of sulfonamides is 1. The molecule has 2 rings (SSSR count). The summed E-state index contributed by atoms with van der Waals surface area (Å²) in [5, 5.41) is 2.87. The molecule has 1 atom stereocenters. The average Bonchev–Trinajstić information content (AvgIpc) is 2.59. The zero-order valence-corrected chi connectivity index (χ0v) is 18.0. The number of benzene rings is 2. The zero-order valence-electron chi connectivity index (χ0n) is 15.1. The SMILES string of the molecule is CCc1ccc(C(C)NC(=O)CN(c2ccc(I)cc2)S(C)(=O)=O)cc1. The smallest absolute Gasteiger partial charge is 0.241 e. The lowest BCUT2D eigenvalue weighted by Gasteiger charge is -2.23. The van der Waals surface area contributed by atoms with E-state index in [1.54, 1.807) is 12.1 Å². The number of anilines is 1. The molecule has 1 N–H and O–H groups in total. The fourth-order valence-electron chi connectivity index (χ4n) is 2.55. The summed E-state index contributed by atoms with van der Waals surface area (Å²) in [5.41, 5.74) is 2.69. The quantitative estimate of drug-likeness (QED) is 0.610. The summed E-state index contributed by atoms with van der Waals surface area (Å²) in [7, 11) is -3.57. The Hall–Kier alpha value is -1.61. The number of aryl methyl sites for hydroxylation is 1. The molecule has 0 aliphatic rings. The molecule has 2 aromatic rings. The highest BCUT2D eigenvalue weighted by atomic mass is 127. The molecule has 0 saturated carbocycles. The van der Waals surface area contributed by atoms with Gasteiger partial charge in [-0.1, -0.05) is 31.2 Å². The molecule has 0 aliphatic carbocycles. The van der Waals surface area contributed by atoms with Crippen LogP contribution >= 0.6 is 22.6 Å². The van der Waals surface area contributed by atoms with Crippen molar-refractivity contribution >= 4 is 44.2 Å². The van der Waals surface area contributed by atoms with Gasteiger partial charge in [-0.3, -0.25) is 9.10 Å². The highest BCUT2D eigenvalue weighted by molar-refractivity contribution is 14.1. The van der Waals surface area contributed by atoms with E-state index in [0.717, 1.165) is 26.1 Å². The second-order valence-electron chi connectivity index (χ2n) is 6.13. The van der Waals surface area contributed by atoms with Crippen LogP contribution in [0.2, 0.25) is 0 Å². The molecule has 140 valence electrons. The van der Waals surface area contributed by atoms with Gasteiger partial charge in [0.05, 0.1) is 18.0 Å². The van der Waals surface area contributed by atoms with E-state index in [4.69, 9.17) is 0 Å². The maximum Gasteiger partial charge on any atom is 0.241 e. The van der Waals surface area contributed by atoms with Crippen molar-refractivity contribution in [3.05, 3.63) is 63.2 Å². The van der Waals surface area contributed by atoms with Gasteiger partial charge in [0, 0.05) is 3.57 Å². The van der Waals surface area contributed by atoms with E-state index in [1.165, 1.54) is 5.56 Å². The van der Waals surface area contributed by atoms with Crippen LogP contribution in [0.3, 0.4) is 0 Å².